The van der Waals surface area contributed by atoms with E-state index in [4.69, 9.17) is 5.26 Å². The Morgan fingerprint density at radius 2 is 2.09 bits per heavy atom. The Bertz CT molecular complexity index is 161. The molecule has 1 fully saturated rings. The average Bonchev–Trinajstić information content (AvgIpc) is 2.04. The first-order chi connectivity index (χ1) is 5.25. The predicted molar refractivity (Wildman–Crippen MR) is 49.5 cm³/mol. The predicted octanol–water partition coefficient (Wildman–Crippen LogP) is 3.10. The molecule has 0 aromatic carbocycles. The van der Waals surface area contributed by atoms with Crippen LogP contribution in [0.15, 0.2) is 0 Å². The van der Waals surface area contributed by atoms with Gasteiger partial charge in [0.25, 0.3) is 0 Å². The molecule has 11 heavy (non-hydrogen) atoms. The Hall–Kier alpha value is -0.0300. The molecule has 0 amide bonds. The number of nitriles is 1. The highest BCUT2D eigenvalue weighted by Crippen LogP contribution is 2.34. The number of hydrogen-bond donors (Lipinski definition) is 0. The Kier molecular flexibility index (Phi) is 3.39. The molecular formula is C9H14BrN. The number of nitrogens with zero attached hydrogens (tertiary/aromatic N) is 1. The molecule has 1 aliphatic carbocycles. The SMILES string of the molecule is CC1CCCCC1C(Br)C#N. The van der Waals surface area contributed by atoms with E-state index >= 15 is 0 Å². The fourth-order valence-corrected chi connectivity index (χ4v) is 2.66. The van der Waals surface area contributed by atoms with Gasteiger partial charge in [-0.25, -0.2) is 0 Å². The fraction of sp³-hybridized carbons (Fsp3) is 0.889. The second kappa shape index (κ2) is 4.11. The van der Waals surface area contributed by atoms with E-state index in [1.165, 1.54) is 25.7 Å². The highest BCUT2D eigenvalue weighted by Gasteiger charge is 2.26. The van der Waals surface area contributed by atoms with Crippen molar-refractivity contribution in [3.63, 3.8) is 0 Å². The highest BCUT2D eigenvalue weighted by molar-refractivity contribution is 9.09. The number of alkyl halides is 1. The molecule has 0 N–H and O–H groups in total. The molecule has 3 unspecified atom stereocenters. The van der Waals surface area contributed by atoms with Gasteiger partial charge in [0, 0.05) is 0 Å². The maximum absolute atomic E-state index is 8.71. The van der Waals surface area contributed by atoms with E-state index in [0.29, 0.717) is 5.92 Å². The van der Waals surface area contributed by atoms with Crippen molar-refractivity contribution < 1.29 is 0 Å². The lowest BCUT2D eigenvalue weighted by molar-refractivity contribution is 0.267. The van der Waals surface area contributed by atoms with Crippen molar-refractivity contribution in [2.75, 3.05) is 0 Å². The monoisotopic (exact) mass is 215 g/mol. The smallest absolute Gasteiger partial charge is 0.104 e. The molecule has 1 rings (SSSR count). The van der Waals surface area contributed by atoms with Gasteiger partial charge in [-0.3, -0.25) is 0 Å². The number of halogens is 1. The van der Waals surface area contributed by atoms with Crippen LogP contribution in [0.5, 0.6) is 0 Å². The highest BCUT2D eigenvalue weighted by atomic mass is 79.9. The molecule has 0 aromatic heterocycles. The van der Waals surface area contributed by atoms with Gasteiger partial charge in [0.2, 0.25) is 0 Å². The molecule has 1 aliphatic rings. The fourth-order valence-electron chi connectivity index (χ4n) is 1.88. The molecule has 2 heteroatoms. The zero-order valence-electron chi connectivity index (χ0n) is 6.89. The largest absolute Gasteiger partial charge is 0.197 e. The van der Waals surface area contributed by atoms with Crippen molar-refractivity contribution in [2.24, 2.45) is 11.8 Å². The van der Waals surface area contributed by atoms with Gasteiger partial charge >= 0.3 is 0 Å². The zero-order valence-corrected chi connectivity index (χ0v) is 8.47. The molecule has 62 valence electrons. The lowest BCUT2D eigenvalue weighted by atomic mass is 9.79. The van der Waals surface area contributed by atoms with Gasteiger partial charge in [-0.15, -0.1) is 0 Å². The molecule has 3 atom stereocenters. The summed E-state index contributed by atoms with van der Waals surface area (Å²) in [6.07, 6.45) is 5.18. The van der Waals surface area contributed by atoms with Crippen molar-refractivity contribution in [1.29, 1.82) is 5.26 Å². The van der Waals surface area contributed by atoms with Gasteiger partial charge in [0.1, 0.15) is 4.83 Å². The van der Waals surface area contributed by atoms with Crippen LogP contribution in [0.25, 0.3) is 0 Å². The molecule has 0 aromatic rings. The lowest BCUT2D eigenvalue weighted by Crippen LogP contribution is -2.24. The van der Waals surface area contributed by atoms with Crippen LogP contribution in [-0.2, 0) is 0 Å². The van der Waals surface area contributed by atoms with Crippen molar-refractivity contribution in [3.05, 3.63) is 0 Å². The van der Waals surface area contributed by atoms with Crippen molar-refractivity contribution in [3.8, 4) is 6.07 Å². The van der Waals surface area contributed by atoms with Gasteiger partial charge < -0.3 is 0 Å². The van der Waals surface area contributed by atoms with Crippen LogP contribution >= 0.6 is 15.9 Å². The summed E-state index contributed by atoms with van der Waals surface area (Å²) in [7, 11) is 0. The van der Waals surface area contributed by atoms with Crippen LogP contribution in [0.4, 0.5) is 0 Å². The Morgan fingerprint density at radius 3 is 2.64 bits per heavy atom. The standard InChI is InChI=1S/C9H14BrN/c1-7-4-2-3-5-8(7)9(10)6-11/h7-9H,2-5H2,1H3. The third kappa shape index (κ3) is 2.20. The Balaban J connectivity index is 2.48. The molecule has 0 radical (unpaired) electrons. The molecule has 0 spiro atoms. The minimum Gasteiger partial charge on any atom is -0.197 e. The maximum atomic E-state index is 8.71. The van der Waals surface area contributed by atoms with E-state index in [1.807, 2.05) is 0 Å². The zero-order chi connectivity index (χ0) is 8.27. The van der Waals surface area contributed by atoms with E-state index in [0.717, 1.165) is 5.92 Å². The molecule has 0 bridgehead atoms. The van der Waals surface area contributed by atoms with E-state index < -0.39 is 0 Å². The minimum absolute atomic E-state index is 0.0813. The molecule has 1 saturated carbocycles. The average molecular weight is 216 g/mol. The van der Waals surface area contributed by atoms with Gasteiger partial charge in [0.05, 0.1) is 6.07 Å². The second-order valence-electron chi connectivity index (χ2n) is 3.46. The summed E-state index contributed by atoms with van der Waals surface area (Å²) in [5.41, 5.74) is 0. The van der Waals surface area contributed by atoms with Crippen molar-refractivity contribution >= 4 is 15.9 Å². The second-order valence-corrected chi connectivity index (χ2v) is 4.44. The third-order valence-electron chi connectivity index (χ3n) is 2.68. The summed E-state index contributed by atoms with van der Waals surface area (Å²) >= 11 is 3.42. The topological polar surface area (TPSA) is 23.8 Å². The molecule has 1 nitrogen and oxygen atoms in total. The van der Waals surface area contributed by atoms with E-state index in [9.17, 15) is 0 Å². The Morgan fingerprint density at radius 1 is 1.45 bits per heavy atom. The van der Waals surface area contributed by atoms with E-state index in [1.54, 1.807) is 0 Å². The van der Waals surface area contributed by atoms with Crippen LogP contribution in [0.3, 0.4) is 0 Å². The normalized spacial score (nSPS) is 34.3. The molecule has 0 heterocycles. The van der Waals surface area contributed by atoms with E-state index in [2.05, 4.69) is 28.9 Å². The van der Waals surface area contributed by atoms with Crippen molar-refractivity contribution in [2.45, 2.75) is 37.4 Å². The van der Waals surface area contributed by atoms with Crippen molar-refractivity contribution in [1.82, 2.24) is 0 Å². The molecule has 0 saturated heterocycles. The summed E-state index contributed by atoms with van der Waals surface area (Å²) in [4.78, 5) is 0.0813. The summed E-state index contributed by atoms with van der Waals surface area (Å²) < 4.78 is 0. The van der Waals surface area contributed by atoms with Crippen LogP contribution < -0.4 is 0 Å². The van der Waals surface area contributed by atoms with Gasteiger partial charge in [-0.05, 0) is 18.3 Å². The third-order valence-corrected chi connectivity index (χ3v) is 3.56. The minimum atomic E-state index is 0.0813. The molecule has 0 aliphatic heterocycles. The summed E-state index contributed by atoms with van der Waals surface area (Å²) in [6.45, 7) is 2.26. The van der Waals surface area contributed by atoms with Crippen LogP contribution in [-0.4, -0.2) is 4.83 Å². The first-order valence-electron chi connectivity index (χ1n) is 4.29. The van der Waals surface area contributed by atoms with Gasteiger partial charge in [0.15, 0.2) is 0 Å². The number of hydrogen-bond acceptors (Lipinski definition) is 1. The maximum Gasteiger partial charge on any atom is 0.104 e. The van der Waals surface area contributed by atoms with Gasteiger partial charge in [-0.1, -0.05) is 42.1 Å². The van der Waals surface area contributed by atoms with E-state index in [-0.39, 0.29) is 4.83 Å². The summed E-state index contributed by atoms with van der Waals surface area (Å²) in [6, 6.07) is 2.28. The first kappa shape index (κ1) is 9.06. The number of rotatable bonds is 1. The van der Waals surface area contributed by atoms with Crippen LogP contribution in [0.2, 0.25) is 0 Å². The van der Waals surface area contributed by atoms with Crippen LogP contribution in [0.1, 0.15) is 32.6 Å². The van der Waals surface area contributed by atoms with Gasteiger partial charge in [-0.2, -0.15) is 5.26 Å². The lowest BCUT2D eigenvalue weighted by Gasteiger charge is -2.29. The molecular weight excluding hydrogens is 202 g/mol. The first-order valence-corrected chi connectivity index (χ1v) is 5.21. The summed E-state index contributed by atoms with van der Waals surface area (Å²) in [5.74, 6) is 1.32. The quantitative estimate of drug-likeness (QED) is 0.618. The Labute approximate surface area is 76.9 Å². The van der Waals surface area contributed by atoms with Crippen LogP contribution in [0, 0.1) is 23.2 Å². The summed E-state index contributed by atoms with van der Waals surface area (Å²) in [5, 5.41) is 8.71.